The molecule has 0 atom stereocenters. The maximum atomic E-state index is 10.9. The van der Waals surface area contributed by atoms with Gasteiger partial charge in [0.2, 0.25) is 5.78 Å². The van der Waals surface area contributed by atoms with Gasteiger partial charge in [-0.2, -0.15) is 0 Å². The number of carbonyl (C=O) groups excluding carboxylic acids is 1. The summed E-state index contributed by atoms with van der Waals surface area (Å²) in [4.78, 5) is 21.2. The third-order valence-corrected chi connectivity index (χ3v) is 3.90. The van der Waals surface area contributed by atoms with E-state index in [0.717, 1.165) is 19.3 Å². The van der Waals surface area contributed by atoms with Crippen LogP contribution in [0.25, 0.3) is 0 Å². The first kappa shape index (κ1) is 25.1. The number of ketones is 1. The Bertz CT molecular complexity index is 320. The summed E-state index contributed by atoms with van der Waals surface area (Å²) in [6, 6.07) is 0. The summed E-state index contributed by atoms with van der Waals surface area (Å²) < 4.78 is 0. The van der Waals surface area contributed by atoms with Gasteiger partial charge < -0.3 is 6.53 Å². The summed E-state index contributed by atoms with van der Waals surface area (Å²) in [5, 5.41) is 8.44. The summed E-state index contributed by atoms with van der Waals surface area (Å²) >= 11 is 0. The van der Waals surface area contributed by atoms with Crippen LogP contribution in [0.2, 0.25) is 0 Å². The van der Waals surface area contributed by atoms with Gasteiger partial charge in [0.25, 0.3) is 0 Å². The average molecular weight is 334 g/mol. The topological polar surface area (TPSA) is 54.4 Å². The summed E-state index contributed by atoms with van der Waals surface area (Å²) in [5.41, 5.74) is 0. The zero-order chi connectivity index (χ0) is 16.5. The van der Waals surface area contributed by atoms with E-state index in [1.165, 1.54) is 57.8 Å². The van der Waals surface area contributed by atoms with Crippen LogP contribution in [0.1, 0.15) is 98.2 Å². The van der Waals surface area contributed by atoms with E-state index >= 15 is 0 Å². The van der Waals surface area contributed by atoms with Crippen LogP contribution in [0.4, 0.5) is 0 Å². The van der Waals surface area contributed by atoms with Crippen molar-refractivity contribution < 1.29 is 45.7 Å². The predicted octanol–water partition coefficient (Wildman–Crippen LogP) is 2.79. The normalized spacial score (nSPS) is 10.7. The van der Waals surface area contributed by atoms with E-state index < -0.39 is 11.8 Å². The number of carboxylic acids is 1. The number of rotatable bonds is 16. The number of allylic oxidation sites excluding steroid dienone is 2. The van der Waals surface area contributed by atoms with Crippen molar-refractivity contribution in [2.45, 2.75) is 96.8 Å². The molecule has 0 saturated heterocycles. The van der Waals surface area contributed by atoms with Crippen molar-refractivity contribution in [1.29, 1.82) is 0 Å². The summed E-state index contributed by atoms with van der Waals surface area (Å²) in [5.74, 6) is -1.95. The third-order valence-electron chi connectivity index (χ3n) is 3.90. The van der Waals surface area contributed by atoms with Crippen LogP contribution >= 0.6 is 0 Å². The van der Waals surface area contributed by atoms with Gasteiger partial charge in [0, 0.05) is 6.42 Å². The molecule has 130 valence electrons. The minimum Gasteiger partial charge on any atom is -1.00 e. The smallest absolute Gasteiger partial charge is 1.00 e. The number of carbonyl (C=O) groups is 2. The fourth-order valence-corrected chi connectivity index (χ4v) is 2.46. The molecule has 0 aliphatic rings. The van der Waals surface area contributed by atoms with Crippen LogP contribution in [0, 0.1) is 0 Å². The molecule has 0 aliphatic heterocycles. The van der Waals surface area contributed by atoms with Crippen LogP contribution in [-0.4, -0.2) is 16.9 Å². The van der Waals surface area contributed by atoms with Crippen LogP contribution in [-0.2, 0) is 9.59 Å². The molecule has 0 amide bonds. The van der Waals surface area contributed by atoms with Gasteiger partial charge in [0.1, 0.15) is 0 Å². The van der Waals surface area contributed by atoms with E-state index in [2.05, 4.69) is 19.1 Å². The first-order chi connectivity index (χ1) is 10.7. The fourth-order valence-electron chi connectivity index (χ4n) is 2.46. The Morgan fingerprint density at radius 1 is 0.783 bits per heavy atom. The van der Waals surface area contributed by atoms with Crippen LogP contribution in [0.15, 0.2) is 12.2 Å². The zero-order valence-corrected chi connectivity index (χ0v) is 17.3. The third kappa shape index (κ3) is 19.8. The first-order valence-corrected chi connectivity index (χ1v) is 9.09. The van der Waals surface area contributed by atoms with Gasteiger partial charge in [-0.05, 0) is 32.1 Å². The van der Waals surface area contributed by atoms with Crippen molar-refractivity contribution in [3.8, 4) is 0 Å². The van der Waals surface area contributed by atoms with Gasteiger partial charge in [-0.15, -0.1) is 0 Å². The Morgan fingerprint density at radius 3 is 1.70 bits per heavy atom. The second kappa shape index (κ2) is 19.9. The van der Waals surface area contributed by atoms with Crippen molar-refractivity contribution in [3.63, 3.8) is 0 Å². The number of carboxylic acid groups (broad SMARTS) is 1. The van der Waals surface area contributed by atoms with Crippen molar-refractivity contribution in [2.75, 3.05) is 0 Å². The molecule has 23 heavy (non-hydrogen) atoms. The van der Waals surface area contributed by atoms with Crippen LogP contribution in [0.5, 0.6) is 0 Å². The Hall–Kier alpha value is -0.120. The second-order valence-corrected chi connectivity index (χ2v) is 6.06. The quantitative estimate of drug-likeness (QED) is 0.204. The van der Waals surface area contributed by atoms with Crippen molar-refractivity contribution in [2.24, 2.45) is 0 Å². The van der Waals surface area contributed by atoms with E-state index in [1.54, 1.807) is 0 Å². The largest absolute Gasteiger partial charge is 1.00 e. The Balaban J connectivity index is -0.00000220. The summed E-state index contributed by atoms with van der Waals surface area (Å²) in [6.07, 6.45) is 20.4. The van der Waals surface area contributed by atoms with Crippen molar-refractivity contribution in [3.05, 3.63) is 12.2 Å². The van der Waals surface area contributed by atoms with Crippen LogP contribution < -0.4 is 29.6 Å². The van der Waals surface area contributed by atoms with E-state index in [1.807, 2.05) is 0 Å². The molecule has 3 nitrogen and oxygen atoms in total. The molecule has 0 saturated carbocycles. The molecule has 1 N–H and O–H groups in total. The maximum Gasteiger partial charge on any atom is 1.00 e. The number of hydrogen-bond acceptors (Lipinski definition) is 2. The summed E-state index contributed by atoms with van der Waals surface area (Å²) in [7, 11) is 0. The molecule has 0 heterocycles. The molecule has 0 spiro atoms. The van der Waals surface area contributed by atoms with Gasteiger partial charge in [-0.25, -0.2) is 4.79 Å². The maximum absolute atomic E-state index is 10.9. The van der Waals surface area contributed by atoms with E-state index in [9.17, 15) is 9.59 Å². The van der Waals surface area contributed by atoms with Gasteiger partial charge >= 0.3 is 35.5 Å². The number of aliphatic carboxylic acids is 1. The van der Waals surface area contributed by atoms with Crippen molar-refractivity contribution >= 4 is 11.8 Å². The Kier molecular flexibility index (Phi) is 21.8. The number of unbranched alkanes of at least 4 members (excludes halogenated alkanes) is 11. The molecule has 0 radical (unpaired) electrons. The molecule has 0 unspecified atom stereocenters. The molecule has 0 aromatic rings. The van der Waals surface area contributed by atoms with E-state index in [0.29, 0.717) is 6.42 Å². The molecule has 0 aliphatic carbocycles. The molecular formula is C19H35NaO3. The zero-order valence-electron chi connectivity index (χ0n) is 16.3. The van der Waals surface area contributed by atoms with Crippen LogP contribution in [0.3, 0.4) is 0 Å². The van der Waals surface area contributed by atoms with E-state index in [-0.39, 0.29) is 37.4 Å². The minimum atomic E-state index is -1.30. The second-order valence-electron chi connectivity index (χ2n) is 6.06. The molecular weight excluding hydrogens is 299 g/mol. The Labute approximate surface area is 166 Å². The monoisotopic (exact) mass is 334 g/mol. The summed E-state index contributed by atoms with van der Waals surface area (Å²) in [6.45, 7) is 2.25. The standard InChI is InChI=1S/C19H34O3.Na.H/c1-2-3-4-5-6-7-8-9-10-11-12-13-14-15-16-17-18(20)19(21)22;;/h9-10H,2-8,11-17H2,1H3,(H,21,22);;/q;+1;-1/b10-9-;;. The first-order valence-electron chi connectivity index (χ1n) is 9.09. The fraction of sp³-hybridized carbons (Fsp3) is 0.789. The molecule has 0 fully saturated rings. The van der Waals surface area contributed by atoms with E-state index in [4.69, 9.17) is 5.11 Å². The van der Waals surface area contributed by atoms with Gasteiger partial charge in [-0.3, -0.25) is 4.79 Å². The molecule has 4 heteroatoms. The predicted molar refractivity (Wildman–Crippen MR) is 93.2 cm³/mol. The molecule has 0 rings (SSSR count). The minimum absolute atomic E-state index is 0. The Morgan fingerprint density at radius 2 is 1.22 bits per heavy atom. The van der Waals surface area contributed by atoms with Gasteiger partial charge in [0.15, 0.2) is 0 Å². The molecule has 0 bridgehead atoms. The SMILES string of the molecule is CCCCCCCC/C=C\CCCCCCCC(=O)C(=O)O.[H-].[Na+]. The average Bonchev–Trinajstić information content (AvgIpc) is 2.50. The molecule has 0 aromatic heterocycles. The number of hydrogen-bond donors (Lipinski definition) is 1. The van der Waals surface area contributed by atoms with Gasteiger partial charge in [-0.1, -0.05) is 70.4 Å². The van der Waals surface area contributed by atoms with Crippen molar-refractivity contribution in [1.82, 2.24) is 0 Å². The number of Topliss-reactive ketones (excluding diaryl/α,β-unsaturated/α-hetero) is 1. The van der Waals surface area contributed by atoms with Gasteiger partial charge in [0.05, 0.1) is 0 Å². The molecule has 0 aromatic carbocycles.